The van der Waals surface area contributed by atoms with Crippen LogP contribution in [0.1, 0.15) is 42.9 Å². The molecule has 0 spiro atoms. The Morgan fingerprint density at radius 3 is 1.67 bits per heavy atom. The molecule has 18 heteroatoms. The Hall–Kier alpha value is -6.55. The van der Waals surface area contributed by atoms with E-state index in [2.05, 4.69) is 35.2 Å². The molecule has 0 saturated heterocycles. The van der Waals surface area contributed by atoms with E-state index in [9.17, 15) is 30.9 Å². The van der Waals surface area contributed by atoms with E-state index in [1.807, 2.05) is 6.07 Å². The number of nitriles is 1. The van der Waals surface area contributed by atoms with Crippen molar-refractivity contribution in [2.24, 2.45) is 5.73 Å². The van der Waals surface area contributed by atoms with Crippen LogP contribution in [0.25, 0.3) is 44.3 Å². The van der Waals surface area contributed by atoms with Crippen molar-refractivity contribution in [3.05, 3.63) is 120 Å². The quantitative estimate of drug-likeness (QED) is 0.157. The second-order valence-electron chi connectivity index (χ2n) is 13.0. The number of halogens is 2. The van der Waals surface area contributed by atoms with Crippen LogP contribution in [0.3, 0.4) is 0 Å². The van der Waals surface area contributed by atoms with Gasteiger partial charge in [0.2, 0.25) is 0 Å². The first kappa shape index (κ1) is 40.1. The lowest BCUT2D eigenvalue weighted by atomic mass is 10.0. The molecule has 0 bridgehead atoms. The monoisotopic (exact) mass is 808 g/mol. The molecule has 0 amide bonds. The first-order valence-electron chi connectivity index (χ1n) is 17.0. The maximum absolute atomic E-state index is 13.9. The number of benzene rings is 2. The van der Waals surface area contributed by atoms with Gasteiger partial charge in [0.1, 0.15) is 41.2 Å². The molecule has 57 heavy (non-hydrogen) atoms. The molecule has 5 heterocycles. The highest BCUT2D eigenvalue weighted by Gasteiger charge is 2.21. The molecule has 7 aromatic rings. The molecule has 0 unspecified atom stereocenters. The molecule has 14 nitrogen and oxygen atoms in total. The highest BCUT2D eigenvalue weighted by molar-refractivity contribution is 7.90. The molecule has 290 valence electrons. The summed E-state index contributed by atoms with van der Waals surface area (Å²) in [7, 11) is -6.99. The molecule has 7 rings (SSSR count). The Bertz CT molecular complexity index is 2960. The van der Waals surface area contributed by atoms with Gasteiger partial charge in [-0.15, -0.1) is 0 Å². The Balaban J connectivity index is 0.000000203. The molecule has 0 saturated carbocycles. The maximum Gasteiger partial charge on any atom is 0.192 e. The zero-order valence-corrected chi connectivity index (χ0v) is 32.4. The van der Waals surface area contributed by atoms with Crippen LogP contribution in [0.15, 0.2) is 101 Å². The van der Waals surface area contributed by atoms with Gasteiger partial charge in [0.25, 0.3) is 0 Å². The summed E-state index contributed by atoms with van der Waals surface area (Å²) in [6, 6.07) is 22.3. The third kappa shape index (κ3) is 8.96. The number of nitrogen functional groups attached to an aromatic ring is 1. The van der Waals surface area contributed by atoms with Gasteiger partial charge in [-0.3, -0.25) is 4.98 Å². The van der Waals surface area contributed by atoms with Crippen molar-refractivity contribution in [2.45, 2.75) is 36.0 Å². The van der Waals surface area contributed by atoms with Crippen molar-refractivity contribution in [3.8, 4) is 28.6 Å². The number of hydrogen-bond donors (Lipinski definition) is 3. The summed E-state index contributed by atoms with van der Waals surface area (Å²) in [6.45, 7) is 3.57. The molecule has 2 aromatic carbocycles. The van der Waals surface area contributed by atoms with E-state index >= 15 is 0 Å². The zero-order chi connectivity index (χ0) is 41.2. The average Bonchev–Trinajstić information content (AvgIpc) is 3.16. The van der Waals surface area contributed by atoms with Crippen LogP contribution in [0.4, 0.5) is 20.4 Å². The Labute approximate surface area is 326 Å². The lowest BCUT2D eigenvalue weighted by Gasteiger charge is -2.19. The summed E-state index contributed by atoms with van der Waals surface area (Å²) in [5, 5.41) is 13.5. The van der Waals surface area contributed by atoms with Crippen LogP contribution in [-0.4, -0.2) is 59.3 Å². The van der Waals surface area contributed by atoms with Crippen LogP contribution in [0.2, 0.25) is 0 Å². The summed E-state index contributed by atoms with van der Waals surface area (Å²) in [6.07, 6.45) is 3.40. The molecule has 2 atom stereocenters. The zero-order valence-electron chi connectivity index (χ0n) is 30.8. The van der Waals surface area contributed by atoms with E-state index in [-0.39, 0.29) is 33.1 Å². The smallest absolute Gasteiger partial charge is 0.192 e. The first-order chi connectivity index (χ1) is 26.9. The molecule has 0 radical (unpaired) electrons. The predicted molar refractivity (Wildman–Crippen MR) is 212 cm³/mol. The molecule has 0 aliphatic rings. The largest absolute Gasteiger partial charge is 0.382 e. The van der Waals surface area contributed by atoms with Crippen molar-refractivity contribution in [3.63, 3.8) is 0 Å². The van der Waals surface area contributed by atoms with Crippen LogP contribution in [0, 0.1) is 23.0 Å². The molecular weight excluding hydrogens is 775 g/mol. The van der Waals surface area contributed by atoms with Gasteiger partial charge >= 0.3 is 0 Å². The summed E-state index contributed by atoms with van der Waals surface area (Å²) >= 11 is 0. The Kier molecular flexibility index (Phi) is 11.2. The summed E-state index contributed by atoms with van der Waals surface area (Å²) < 4.78 is 74.9. The number of sulfone groups is 2. The third-order valence-electron chi connectivity index (χ3n) is 8.55. The molecule has 0 aliphatic heterocycles. The van der Waals surface area contributed by atoms with Crippen molar-refractivity contribution in [1.82, 2.24) is 29.9 Å². The Morgan fingerprint density at radius 1 is 0.702 bits per heavy atom. The fraction of sp³-hybridized carbons (Fsp3) is 0.154. The number of hydrogen-bond acceptors (Lipinski definition) is 14. The fourth-order valence-electron chi connectivity index (χ4n) is 5.85. The van der Waals surface area contributed by atoms with Crippen LogP contribution in [0.5, 0.6) is 0 Å². The minimum atomic E-state index is -3.55. The lowest BCUT2D eigenvalue weighted by molar-refractivity contribution is 0.596. The first-order valence-corrected chi connectivity index (χ1v) is 20.8. The van der Waals surface area contributed by atoms with E-state index in [0.29, 0.717) is 55.7 Å². The number of pyridine rings is 4. The third-order valence-corrected chi connectivity index (χ3v) is 10.5. The van der Waals surface area contributed by atoms with Crippen molar-refractivity contribution >= 4 is 53.1 Å². The molecule has 0 fully saturated rings. The van der Waals surface area contributed by atoms with E-state index in [0.717, 1.165) is 12.5 Å². The van der Waals surface area contributed by atoms with Gasteiger partial charge in [-0.05, 0) is 86.6 Å². The number of rotatable bonds is 8. The van der Waals surface area contributed by atoms with E-state index in [4.69, 9.17) is 11.5 Å². The van der Waals surface area contributed by atoms with E-state index in [1.165, 1.54) is 42.7 Å². The van der Waals surface area contributed by atoms with Gasteiger partial charge in [0.15, 0.2) is 29.7 Å². The topological polar surface area (TPSA) is 233 Å². The highest BCUT2D eigenvalue weighted by Crippen LogP contribution is 2.33. The summed E-state index contributed by atoms with van der Waals surface area (Å²) in [5.41, 5.74) is 16.0. The maximum atomic E-state index is 13.9. The van der Waals surface area contributed by atoms with Crippen LogP contribution in [-0.2, 0) is 19.7 Å². The van der Waals surface area contributed by atoms with Gasteiger partial charge in [0, 0.05) is 40.5 Å². The minimum Gasteiger partial charge on any atom is -0.382 e. The Morgan fingerprint density at radius 2 is 1.19 bits per heavy atom. The van der Waals surface area contributed by atoms with Crippen molar-refractivity contribution in [1.29, 1.82) is 5.26 Å². The van der Waals surface area contributed by atoms with Gasteiger partial charge in [-0.1, -0.05) is 12.1 Å². The summed E-state index contributed by atoms with van der Waals surface area (Å²) in [4.78, 5) is 25.6. The molecule has 5 aromatic heterocycles. The number of aromatic nitrogens is 6. The average molecular weight is 809 g/mol. The normalized spacial score (nSPS) is 12.7. The van der Waals surface area contributed by atoms with Gasteiger partial charge < -0.3 is 16.8 Å². The van der Waals surface area contributed by atoms with Gasteiger partial charge in [-0.25, -0.2) is 50.5 Å². The number of fused-ring (bicyclic) bond motifs is 2. The fourth-order valence-corrected chi connectivity index (χ4v) is 7.03. The predicted octanol–water partition coefficient (Wildman–Crippen LogP) is 6.12. The second-order valence-corrected chi connectivity index (χ2v) is 17.0. The molecule has 0 aliphatic carbocycles. The number of anilines is 2. The second kappa shape index (κ2) is 15.9. The summed E-state index contributed by atoms with van der Waals surface area (Å²) in [5.74, 6) is -0.544. The lowest BCUT2D eigenvalue weighted by Crippen LogP contribution is -2.14. The SMILES string of the molecule is C[C@H](N)c1nc2ccc(F)cc2cc1-c1cccc(S(C)(=O)=O)n1.C[C@H](Nc1ncnc(N)c1C#N)c1nc2ccc(F)cc2cc1-c1cccc(S(C)(=O)=O)n1. The number of nitrogens with one attached hydrogen (secondary N) is 1. The van der Waals surface area contributed by atoms with Crippen molar-refractivity contribution < 1.29 is 25.6 Å². The van der Waals surface area contributed by atoms with Crippen LogP contribution >= 0.6 is 0 Å². The van der Waals surface area contributed by atoms with Gasteiger partial charge in [-0.2, -0.15) is 5.26 Å². The van der Waals surface area contributed by atoms with Gasteiger partial charge in [0.05, 0.1) is 39.9 Å². The van der Waals surface area contributed by atoms with E-state index < -0.39 is 37.6 Å². The molecule has 5 N–H and O–H groups in total. The highest BCUT2D eigenvalue weighted by atomic mass is 32.2. The van der Waals surface area contributed by atoms with E-state index in [1.54, 1.807) is 62.4 Å². The number of nitrogens with zero attached hydrogens (tertiary/aromatic N) is 7. The number of nitrogens with two attached hydrogens (primary N) is 2. The van der Waals surface area contributed by atoms with Crippen molar-refractivity contribution in [2.75, 3.05) is 23.6 Å². The van der Waals surface area contributed by atoms with Crippen LogP contribution < -0.4 is 16.8 Å². The molecular formula is C39H34F2N10O4S2. The standard InChI is InChI=1S/C22H18FN7O2S.C17H16FN3O2S/c1-12(28-22-16(10-24)21(25)26-11-27-22)20-15(9-13-8-14(23)6-7-17(13)30-20)18-4-3-5-19(29-18)33(2,31)32;1-10(19)17-13(9-11-8-12(18)6-7-14(11)21-17)15-4-3-5-16(20-15)24(2,22)23/h3-9,11-12H,1-2H3,(H3,25,26,27,28);3-10H,19H2,1-2H3/t12-;10-/m00/s1. The minimum absolute atomic E-state index is 0.0324.